The molecule has 0 spiro atoms. The van der Waals surface area contributed by atoms with Crippen LogP contribution in [0.15, 0.2) is 71.8 Å². The standard InChI is InChI=1S/C35H38FN5O7S/c1-5-48-29-17-22(6-10-28(29)36)31(40-23-7-9-25-21(16-23)12-14-38-33(25)37)34(43)41-15-13-26(35(44)45)32(41)27-18-24(39-20(4)42)8-11-30(27)49(46,47)19(2)3/h6-12,14,16-19,26,31-32,40H,5,13,15H2,1-4H3,(H2,37,38)(H,39,42)(H,44,45). The van der Waals surface area contributed by atoms with E-state index >= 15 is 0 Å². The van der Waals surface area contributed by atoms with E-state index in [1.807, 2.05) is 0 Å². The van der Waals surface area contributed by atoms with Gasteiger partial charge in [0.2, 0.25) is 11.8 Å². The first-order valence-electron chi connectivity index (χ1n) is 15.7. The van der Waals surface area contributed by atoms with Crippen LogP contribution in [0, 0.1) is 11.7 Å². The van der Waals surface area contributed by atoms with Gasteiger partial charge in [-0.1, -0.05) is 6.07 Å². The highest BCUT2D eigenvalue weighted by atomic mass is 32.2. The molecule has 3 atom stereocenters. The highest BCUT2D eigenvalue weighted by Gasteiger charge is 2.46. The van der Waals surface area contributed by atoms with Crippen LogP contribution >= 0.6 is 0 Å². The SMILES string of the molecule is CCOc1cc(C(Nc2ccc3c(N)nccc3c2)C(=O)N2CCC(C(=O)O)C2c2cc(NC(C)=O)ccc2S(=O)(=O)C(C)C)ccc1F. The molecule has 3 unspecified atom stereocenters. The number of nitrogens with zero attached hydrogens (tertiary/aromatic N) is 2. The van der Waals surface area contributed by atoms with Crippen molar-refractivity contribution >= 4 is 55.6 Å². The van der Waals surface area contributed by atoms with Gasteiger partial charge in [0.1, 0.15) is 11.9 Å². The largest absolute Gasteiger partial charge is 0.491 e. The van der Waals surface area contributed by atoms with E-state index in [-0.39, 0.29) is 41.5 Å². The summed E-state index contributed by atoms with van der Waals surface area (Å²) < 4.78 is 47.5. The van der Waals surface area contributed by atoms with Crippen LogP contribution in [0.2, 0.25) is 0 Å². The van der Waals surface area contributed by atoms with Crippen LogP contribution in [0.5, 0.6) is 5.75 Å². The molecule has 0 bridgehead atoms. The first kappa shape index (κ1) is 35.1. The van der Waals surface area contributed by atoms with Crippen molar-refractivity contribution in [2.75, 3.05) is 29.5 Å². The molecule has 1 fully saturated rings. The number of likely N-dealkylation sites (tertiary alicyclic amines) is 1. The van der Waals surface area contributed by atoms with E-state index in [1.165, 1.54) is 62.1 Å². The number of rotatable bonds is 11. The Bertz CT molecular complexity index is 2040. The van der Waals surface area contributed by atoms with Crippen LogP contribution in [0.1, 0.15) is 57.3 Å². The van der Waals surface area contributed by atoms with Gasteiger partial charge in [0.25, 0.3) is 0 Å². The van der Waals surface area contributed by atoms with Crippen LogP contribution in [0.25, 0.3) is 10.8 Å². The van der Waals surface area contributed by atoms with Crippen LogP contribution in [0.4, 0.5) is 21.6 Å². The maximum absolute atomic E-state index is 14.8. The smallest absolute Gasteiger partial charge is 0.309 e. The van der Waals surface area contributed by atoms with Crippen molar-refractivity contribution in [3.05, 3.63) is 83.8 Å². The summed E-state index contributed by atoms with van der Waals surface area (Å²) in [5.74, 6) is -3.79. The predicted octanol–water partition coefficient (Wildman–Crippen LogP) is 5.32. The Balaban J connectivity index is 1.67. The number of carbonyl (C=O) groups is 3. The Morgan fingerprint density at radius 3 is 2.49 bits per heavy atom. The van der Waals surface area contributed by atoms with Gasteiger partial charge in [-0.15, -0.1) is 0 Å². The van der Waals surface area contributed by atoms with Crippen molar-refractivity contribution < 1.29 is 37.0 Å². The number of hydrogen-bond donors (Lipinski definition) is 4. The number of fused-ring (bicyclic) bond motifs is 1. The minimum absolute atomic E-state index is 0.0242. The number of nitrogen functional groups attached to an aromatic ring is 1. The summed E-state index contributed by atoms with van der Waals surface area (Å²) in [5.41, 5.74) is 7.18. The summed E-state index contributed by atoms with van der Waals surface area (Å²) in [6, 6.07) is 12.7. The molecule has 1 aliphatic rings. The number of hydrogen-bond acceptors (Lipinski definition) is 9. The van der Waals surface area contributed by atoms with E-state index in [0.717, 1.165) is 5.39 Å². The maximum Gasteiger partial charge on any atom is 0.309 e. The number of aromatic nitrogens is 1. The number of carboxylic acids is 1. The molecule has 49 heavy (non-hydrogen) atoms. The lowest BCUT2D eigenvalue weighted by molar-refractivity contribution is -0.143. The number of carboxylic acid groups (broad SMARTS) is 1. The Kier molecular flexibility index (Phi) is 10.1. The molecule has 2 heterocycles. The predicted molar refractivity (Wildman–Crippen MR) is 183 cm³/mol. The first-order chi connectivity index (χ1) is 23.2. The molecule has 0 saturated carbocycles. The van der Waals surface area contributed by atoms with Crippen LogP contribution < -0.4 is 21.1 Å². The van der Waals surface area contributed by atoms with Gasteiger partial charge in [0.05, 0.1) is 28.7 Å². The first-order valence-corrected chi connectivity index (χ1v) is 17.3. The number of aliphatic carboxylic acids is 1. The topological polar surface area (TPSA) is 181 Å². The second-order valence-corrected chi connectivity index (χ2v) is 14.5. The molecule has 1 aromatic heterocycles. The zero-order chi connectivity index (χ0) is 35.6. The quantitative estimate of drug-likeness (QED) is 0.161. The second-order valence-electron chi connectivity index (χ2n) is 12.1. The monoisotopic (exact) mass is 691 g/mol. The van der Waals surface area contributed by atoms with E-state index in [0.29, 0.717) is 22.5 Å². The van der Waals surface area contributed by atoms with E-state index in [2.05, 4.69) is 15.6 Å². The third kappa shape index (κ3) is 7.14. The highest BCUT2D eigenvalue weighted by molar-refractivity contribution is 7.92. The number of anilines is 3. The lowest BCUT2D eigenvalue weighted by atomic mass is 9.92. The van der Waals surface area contributed by atoms with E-state index < -0.39 is 56.7 Å². The number of ether oxygens (including phenoxy) is 1. The van der Waals surface area contributed by atoms with Gasteiger partial charge in [-0.3, -0.25) is 14.4 Å². The molecular weight excluding hydrogens is 653 g/mol. The Morgan fingerprint density at radius 1 is 1.08 bits per heavy atom. The Labute approximate surface area is 283 Å². The Hall–Kier alpha value is -5.24. The summed E-state index contributed by atoms with van der Waals surface area (Å²) in [4.78, 5) is 44.8. The normalized spacial score (nSPS) is 16.8. The van der Waals surface area contributed by atoms with E-state index in [4.69, 9.17) is 10.5 Å². The molecule has 258 valence electrons. The van der Waals surface area contributed by atoms with Crippen molar-refractivity contribution in [3.63, 3.8) is 0 Å². The van der Waals surface area contributed by atoms with Crippen LogP contribution in [0.3, 0.4) is 0 Å². The highest BCUT2D eigenvalue weighted by Crippen LogP contribution is 2.44. The molecule has 5 rings (SSSR count). The third-order valence-electron chi connectivity index (χ3n) is 8.52. The number of sulfone groups is 1. The summed E-state index contributed by atoms with van der Waals surface area (Å²) in [5, 5.41) is 16.8. The number of benzene rings is 3. The van der Waals surface area contributed by atoms with Gasteiger partial charge in [-0.05, 0) is 98.3 Å². The van der Waals surface area contributed by atoms with Gasteiger partial charge in [0.15, 0.2) is 21.4 Å². The fraction of sp³-hybridized carbons (Fsp3) is 0.314. The Morgan fingerprint density at radius 2 is 1.82 bits per heavy atom. The molecule has 0 aliphatic carbocycles. The zero-order valence-corrected chi connectivity index (χ0v) is 28.3. The fourth-order valence-corrected chi connectivity index (χ4v) is 7.41. The molecule has 5 N–H and O–H groups in total. The maximum atomic E-state index is 14.8. The molecule has 1 aliphatic heterocycles. The van der Waals surface area contributed by atoms with Gasteiger partial charge >= 0.3 is 5.97 Å². The fourth-order valence-electron chi connectivity index (χ4n) is 6.13. The van der Waals surface area contributed by atoms with Crippen molar-refractivity contribution in [2.45, 2.75) is 56.3 Å². The summed E-state index contributed by atoms with van der Waals surface area (Å²) >= 11 is 0. The molecule has 14 heteroatoms. The molecular formula is C35H38FN5O7S. The van der Waals surface area contributed by atoms with Gasteiger partial charge in [0, 0.05) is 36.4 Å². The molecule has 2 amide bonds. The minimum Gasteiger partial charge on any atom is -0.491 e. The van der Waals surface area contributed by atoms with Gasteiger partial charge in [-0.2, -0.15) is 0 Å². The molecule has 3 aromatic carbocycles. The average molecular weight is 692 g/mol. The van der Waals surface area contributed by atoms with Gasteiger partial charge in [-0.25, -0.2) is 17.8 Å². The van der Waals surface area contributed by atoms with Crippen LogP contribution in [-0.2, 0) is 24.2 Å². The van der Waals surface area contributed by atoms with Crippen molar-refractivity contribution in [2.24, 2.45) is 5.92 Å². The van der Waals surface area contributed by atoms with E-state index in [1.54, 1.807) is 37.4 Å². The molecule has 12 nitrogen and oxygen atoms in total. The lowest BCUT2D eigenvalue weighted by Crippen LogP contribution is -2.40. The minimum atomic E-state index is -3.98. The molecule has 1 saturated heterocycles. The number of amides is 2. The number of nitrogens with two attached hydrogens (primary N) is 1. The second kappa shape index (κ2) is 14.1. The number of carbonyl (C=O) groups excluding carboxylic acids is 2. The number of nitrogens with one attached hydrogen (secondary N) is 2. The van der Waals surface area contributed by atoms with Crippen molar-refractivity contribution in [1.82, 2.24) is 9.88 Å². The van der Waals surface area contributed by atoms with E-state index in [9.17, 15) is 32.3 Å². The third-order valence-corrected chi connectivity index (χ3v) is 10.7. The van der Waals surface area contributed by atoms with Crippen LogP contribution in [-0.4, -0.2) is 59.6 Å². The summed E-state index contributed by atoms with van der Waals surface area (Å²) in [7, 11) is -3.98. The molecule has 0 radical (unpaired) electrons. The summed E-state index contributed by atoms with van der Waals surface area (Å²) in [6.45, 7) is 6.14. The number of halogens is 1. The van der Waals surface area contributed by atoms with Gasteiger partial charge < -0.3 is 31.1 Å². The summed E-state index contributed by atoms with van der Waals surface area (Å²) in [6.07, 6.45) is 1.58. The molecule has 4 aromatic rings. The zero-order valence-electron chi connectivity index (χ0n) is 27.4. The number of pyridine rings is 1. The van der Waals surface area contributed by atoms with Crippen molar-refractivity contribution in [1.29, 1.82) is 0 Å². The van der Waals surface area contributed by atoms with Crippen molar-refractivity contribution in [3.8, 4) is 5.75 Å². The average Bonchev–Trinajstić information content (AvgIpc) is 3.50. The lowest BCUT2D eigenvalue weighted by Gasteiger charge is -2.33.